The first-order valence-electron chi connectivity index (χ1n) is 11.0. The molecule has 2 aliphatic rings. The van der Waals surface area contributed by atoms with Crippen molar-refractivity contribution in [3.8, 4) is 6.07 Å². The number of carbonyl (C=O) groups excluding carboxylic acids is 1. The van der Waals surface area contributed by atoms with Gasteiger partial charge in [-0.15, -0.1) is 0 Å². The van der Waals surface area contributed by atoms with Gasteiger partial charge in [0.05, 0.1) is 29.2 Å². The maximum Gasteiger partial charge on any atom is 0.254 e. The van der Waals surface area contributed by atoms with E-state index in [9.17, 15) is 25.4 Å². The third-order valence-electron chi connectivity index (χ3n) is 5.89. The third kappa shape index (κ3) is 5.56. The number of allylic oxidation sites excluding steroid dienone is 2. The first kappa shape index (κ1) is 26.5. The molecule has 5 atom stereocenters. The van der Waals surface area contributed by atoms with Gasteiger partial charge in [0, 0.05) is 27.0 Å². The molecule has 0 radical (unpaired) electrons. The number of hydrogen-bond acceptors (Lipinski definition) is 8. The van der Waals surface area contributed by atoms with E-state index in [0.717, 1.165) is 11.8 Å². The topological polar surface area (TPSA) is 135 Å². The lowest BCUT2D eigenvalue weighted by Gasteiger charge is -2.36. The van der Waals surface area contributed by atoms with Crippen LogP contribution in [0.5, 0.6) is 0 Å². The standard InChI is InChI=1S/C25H23Cl2N3O5S/c1-12-19(23(34)30-16-8-6-15(27)7-9-16)20(13-2-4-14(26)5-3-13)17(10-28)24(29-12)36-25-22(33)21(32)18(31)11-35-25/h2-9,18,20-22,25,29,31-33H,11H2,1H3,(H,30,34)/t18-,20?,21-,22+,25-/m0/s1. The zero-order chi connectivity index (χ0) is 26.0. The second-order valence-corrected chi connectivity index (χ2v) is 10.3. The summed E-state index contributed by atoms with van der Waals surface area (Å²) in [6.07, 6.45) is -4.00. The number of aliphatic hydroxyl groups excluding tert-OH is 3. The van der Waals surface area contributed by atoms with Gasteiger partial charge in [0.25, 0.3) is 5.91 Å². The van der Waals surface area contributed by atoms with Crippen molar-refractivity contribution in [2.45, 2.75) is 36.6 Å². The number of hydrogen-bond donors (Lipinski definition) is 5. The number of aliphatic hydroxyl groups is 3. The van der Waals surface area contributed by atoms with E-state index in [4.69, 9.17) is 27.9 Å². The Kier molecular flexibility index (Phi) is 8.27. The molecule has 11 heteroatoms. The molecule has 0 saturated carbocycles. The van der Waals surface area contributed by atoms with Crippen LogP contribution in [-0.4, -0.2) is 51.6 Å². The molecule has 36 heavy (non-hydrogen) atoms. The Bertz CT molecular complexity index is 1240. The maximum absolute atomic E-state index is 13.5. The molecule has 0 bridgehead atoms. The van der Waals surface area contributed by atoms with Crippen molar-refractivity contribution in [2.75, 3.05) is 11.9 Å². The number of nitrogens with one attached hydrogen (secondary N) is 2. The summed E-state index contributed by atoms with van der Waals surface area (Å²) in [6.45, 7) is 1.54. The fourth-order valence-corrected chi connectivity index (χ4v) is 5.46. The molecule has 1 amide bonds. The number of nitrogens with zero attached hydrogens (tertiary/aromatic N) is 1. The van der Waals surface area contributed by atoms with Crippen molar-refractivity contribution >= 4 is 46.6 Å². The number of ether oxygens (including phenoxy) is 1. The summed E-state index contributed by atoms with van der Waals surface area (Å²) in [6, 6.07) is 15.7. The van der Waals surface area contributed by atoms with Crippen molar-refractivity contribution in [1.29, 1.82) is 5.26 Å². The van der Waals surface area contributed by atoms with Crippen molar-refractivity contribution in [3.05, 3.63) is 86.0 Å². The highest BCUT2D eigenvalue weighted by Gasteiger charge is 2.41. The molecular formula is C25H23Cl2N3O5S. The van der Waals surface area contributed by atoms with E-state index in [1.54, 1.807) is 55.5 Å². The van der Waals surface area contributed by atoms with Gasteiger partial charge in [0.2, 0.25) is 0 Å². The monoisotopic (exact) mass is 547 g/mol. The average Bonchev–Trinajstić information content (AvgIpc) is 2.86. The van der Waals surface area contributed by atoms with E-state index < -0.39 is 35.6 Å². The van der Waals surface area contributed by atoms with Gasteiger partial charge >= 0.3 is 0 Å². The van der Waals surface area contributed by atoms with Gasteiger partial charge in [0.1, 0.15) is 23.7 Å². The van der Waals surface area contributed by atoms with Crippen LogP contribution >= 0.6 is 35.0 Å². The van der Waals surface area contributed by atoms with Gasteiger partial charge in [-0.05, 0) is 48.9 Å². The van der Waals surface area contributed by atoms with Crippen LogP contribution < -0.4 is 10.6 Å². The number of nitriles is 1. The fraction of sp³-hybridized carbons (Fsp3) is 0.280. The molecule has 2 aromatic carbocycles. The molecule has 4 rings (SSSR count). The molecule has 0 aliphatic carbocycles. The first-order valence-corrected chi connectivity index (χ1v) is 12.6. The SMILES string of the molecule is CC1=C(C(=O)Nc2ccc(Cl)cc2)C(c2ccc(Cl)cc2)C(C#N)=C(S[C@@H]2OC[C@H](O)[C@H](O)[C@H]2O)N1. The van der Waals surface area contributed by atoms with Crippen molar-refractivity contribution in [2.24, 2.45) is 0 Å². The van der Waals surface area contributed by atoms with Crippen molar-refractivity contribution in [1.82, 2.24) is 5.32 Å². The van der Waals surface area contributed by atoms with Crippen LogP contribution in [-0.2, 0) is 9.53 Å². The summed E-state index contributed by atoms with van der Waals surface area (Å²) >= 11 is 13.0. The molecule has 0 spiro atoms. The number of thioether (sulfide) groups is 1. The second kappa shape index (κ2) is 11.2. The largest absolute Gasteiger partial charge is 0.388 e. The average molecular weight is 548 g/mol. The van der Waals surface area contributed by atoms with Gasteiger partial charge in [-0.1, -0.05) is 47.1 Å². The van der Waals surface area contributed by atoms with Crippen LogP contribution in [0.25, 0.3) is 0 Å². The van der Waals surface area contributed by atoms with Gasteiger partial charge < -0.3 is 30.7 Å². The molecular weight excluding hydrogens is 525 g/mol. The van der Waals surface area contributed by atoms with E-state index in [-0.39, 0.29) is 12.2 Å². The van der Waals surface area contributed by atoms with Crippen LogP contribution in [0.2, 0.25) is 10.0 Å². The Hall–Kier alpha value is -2.55. The minimum atomic E-state index is -1.39. The predicted molar refractivity (Wildman–Crippen MR) is 138 cm³/mol. The number of rotatable bonds is 5. The van der Waals surface area contributed by atoms with Crippen LogP contribution in [0, 0.1) is 11.3 Å². The van der Waals surface area contributed by atoms with Gasteiger partial charge in [-0.3, -0.25) is 4.79 Å². The molecule has 0 aromatic heterocycles. The third-order valence-corrected chi connectivity index (χ3v) is 7.59. The summed E-state index contributed by atoms with van der Waals surface area (Å²) in [7, 11) is 0. The normalized spacial score (nSPS) is 26.3. The lowest BCUT2D eigenvalue weighted by atomic mass is 9.82. The molecule has 5 N–H and O–H groups in total. The van der Waals surface area contributed by atoms with Crippen LogP contribution in [0.3, 0.4) is 0 Å². The first-order chi connectivity index (χ1) is 17.2. The van der Waals surface area contributed by atoms with Crippen molar-refractivity contribution in [3.63, 3.8) is 0 Å². The van der Waals surface area contributed by atoms with E-state index in [0.29, 0.717) is 37.6 Å². The number of amides is 1. The maximum atomic E-state index is 13.5. The highest BCUT2D eigenvalue weighted by molar-refractivity contribution is 8.03. The van der Waals surface area contributed by atoms with Crippen LogP contribution in [0.4, 0.5) is 5.69 Å². The fourth-order valence-electron chi connectivity index (χ4n) is 4.03. The van der Waals surface area contributed by atoms with Gasteiger partial charge in [-0.2, -0.15) is 5.26 Å². The number of anilines is 1. The molecule has 1 fully saturated rings. The summed E-state index contributed by atoms with van der Waals surface area (Å²) < 4.78 is 5.52. The Labute approximate surface area is 222 Å². The Morgan fingerprint density at radius 1 is 1.08 bits per heavy atom. The van der Waals surface area contributed by atoms with Crippen molar-refractivity contribution < 1.29 is 24.9 Å². The molecule has 188 valence electrons. The predicted octanol–water partition coefficient (Wildman–Crippen LogP) is 3.50. The van der Waals surface area contributed by atoms with E-state index >= 15 is 0 Å². The summed E-state index contributed by atoms with van der Waals surface area (Å²) in [5, 5.41) is 47.8. The van der Waals surface area contributed by atoms with E-state index in [1.807, 2.05) is 0 Å². The van der Waals surface area contributed by atoms with Crippen LogP contribution in [0.15, 0.2) is 70.4 Å². The molecule has 2 heterocycles. The zero-order valence-corrected chi connectivity index (χ0v) is 21.3. The van der Waals surface area contributed by atoms with Crippen LogP contribution in [0.1, 0.15) is 18.4 Å². The summed E-state index contributed by atoms with van der Waals surface area (Å²) in [5.41, 5.74) is 1.30. The number of carbonyl (C=O) groups is 1. The molecule has 1 saturated heterocycles. The smallest absolute Gasteiger partial charge is 0.254 e. The van der Waals surface area contributed by atoms with E-state index in [2.05, 4.69) is 16.7 Å². The number of benzene rings is 2. The second-order valence-electron chi connectivity index (χ2n) is 8.33. The number of halogens is 2. The van der Waals surface area contributed by atoms with E-state index in [1.165, 1.54) is 0 Å². The van der Waals surface area contributed by atoms with Gasteiger partial charge in [0.15, 0.2) is 0 Å². The lowest BCUT2D eigenvalue weighted by Crippen LogP contribution is -2.51. The summed E-state index contributed by atoms with van der Waals surface area (Å²) in [5.74, 6) is -1.16. The lowest BCUT2D eigenvalue weighted by molar-refractivity contribution is -0.161. The Balaban J connectivity index is 1.72. The minimum absolute atomic E-state index is 0.171. The Morgan fingerprint density at radius 2 is 1.69 bits per heavy atom. The van der Waals surface area contributed by atoms with Gasteiger partial charge in [-0.25, -0.2) is 0 Å². The number of dihydropyridines is 1. The Morgan fingerprint density at radius 3 is 2.31 bits per heavy atom. The quantitative estimate of drug-likeness (QED) is 0.383. The molecule has 2 aromatic rings. The summed E-state index contributed by atoms with van der Waals surface area (Å²) in [4.78, 5) is 13.5. The minimum Gasteiger partial charge on any atom is -0.388 e. The highest BCUT2D eigenvalue weighted by Crippen LogP contribution is 2.43. The molecule has 2 aliphatic heterocycles. The molecule has 8 nitrogen and oxygen atoms in total. The molecule has 1 unspecified atom stereocenters. The zero-order valence-electron chi connectivity index (χ0n) is 19.0. The highest BCUT2D eigenvalue weighted by atomic mass is 35.5.